The highest BCUT2D eigenvalue weighted by atomic mass is 32.2. The van der Waals surface area contributed by atoms with Crippen molar-refractivity contribution in [3.05, 3.63) is 101 Å². The number of sulfonamides is 1. The minimum Gasteiger partial charge on any atom is -0.381 e. The molecule has 4 aromatic rings. The molecule has 3 amide bonds. The molecule has 3 aromatic carbocycles. The molecule has 15 heteroatoms. The van der Waals surface area contributed by atoms with Gasteiger partial charge < -0.3 is 15.7 Å². The van der Waals surface area contributed by atoms with Crippen molar-refractivity contribution in [1.82, 2.24) is 31.3 Å². The summed E-state index contributed by atoms with van der Waals surface area (Å²) >= 11 is 0. The highest BCUT2D eigenvalue weighted by molar-refractivity contribution is 7.92. The van der Waals surface area contributed by atoms with Crippen LogP contribution >= 0.6 is 0 Å². The topological polar surface area (TPSA) is 199 Å². The molecule has 44 heavy (non-hydrogen) atoms. The molecule has 230 valence electrons. The second kappa shape index (κ2) is 13.9. The number of hydrogen-bond acceptors (Lipinski definition) is 9. The van der Waals surface area contributed by atoms with Crippen molar-refractivity contribution in [2.75, 3.05) is 22.9 Å². The zero-order chi connectivity index (χ0) is 31.9. The Hall–Kier alpha value is -5.15. The van der Waals surface area contributed by atoms with Crippen LogP contribution in [0.1, 0.15) is 44.8 Å². The van der Waals surface area contributed by atoms with E-state index >= 15 is 0 Å². The molecule has 3 unspecified atom stereocenters. The van der Waals surface area contributed by atoms with Crippen molar-refractivity contribution in [3.8, 4) is 0 Å². The number of hydrogen-bond donors (Lipinski definition) is 5. The number of benzene rings is 3. The number of anilines is 2. The monoisotopic (exact) mass is 620 g/mol. The van der Waals surface area contributed by atoms with Gasteiger partial charge in [0, 0.05) is 18.2 Å². The van der Waals surface area contributed by atoms with Gasteiger partial charge in [-0.2, -0.15) is 5.21 Å². The highest BCUT2D eigenvalue weighted by Crippen LogP contribution is 2.22. The standard InChI is InChI=1S/C29H32N8O6S/c1-18(20-12-8-5-9-13-20)30-26(39)21-15-22(17-23(16-21)37(2)44(3,42)43)27(40)31-24(14-19-10-6-4-7-11-19)25(38)28(41)32-29-33-35-36-34-29/h4-13,15-18,24-25,38H,14H2,1-3H3,(H,30,39)(H,31,40)(H2,32,33,34,35,36,41). The van der Waals surface area contributed by atoms with Gasteiger partial charge in [0.1, 0.15) is 0 Å². The molecule has 0 aliphatic carbocycles. The number of aliphatic hydroxyl groups excluding tert-OH is 1. The molecule has 0 spiro atoms. The lowest BCUT2D eigenvalue weighted by Gasteiger charge is -2.24. The van der Waals surface area contributed by atoms with Crippen LogP contribution in [0.25, 0.3) is 0 Å². The Kier molecular flexibility index (Phi) is 10.0. The molecule has 4 rings (SSSR count). The first-order valence-electron chi connectivity index (χ1n) is 13.4. The number of aromatic amines is 1. The third kappa shape index (κ3) is 8.23. The fourth-order valence-corrected chi connectivity index (χ4v) is 4.78. The van der Waals surface area contributed by atoms with E-state index < -0.39 is 39.9 Å². The Balaban J connectivity index is 1.64. The molecule has 1 aromatic heterocycles. The Morgan fingerprint density at radius 1 is 0.932 bits per heavy atom. The summed E-state index contributed by atoms with van der Waals surface area (Å²) in [5.41, 5.74) is 1.58. The van der Waals surface area contributed by atoms with Crippen LogP contribution in [0, 0.1) is 0 Å². The summed E-state index contributed by atoms with van der Waals surface area (Å²) in [5.74, 6) is -2.37. The summed E-state index contributed by atoms with van der Waals surface area (Å²) in [5, 5.41) is 31.6. The number of carbonyl (C=O) groups is 3. The molecular formula is C29H32N8O6S. The van der Waals surface area contributed by atoms with Crippen molar-refractivity contribution in [3.63, 3.8) is 0 Å². The summed E-state index contributed by atoms with van der Waals surface area (Å²) in [6.07, 6.45) is -0.710. The maximum absolute atomic E-state index is 13.6. The average Bonchev–Trinajstić information content (AvgIpc) is 3.53. The third-order valence-corrected chi connectivity index (χ3v) is 8.00. The lowest BCUT2D eigenvalue weighted by atomic mass is 9.99. The van der Waals surface area contributed by atoms with E-state index in [2.05, 4.69) is 36.6 Å². The second-order valence-corrected chi connectivity index (χ2v) is 12.1. The van der Waals surface area contributed by atoms with Crippen LogP contribution in [-0.2, 0) is 21.2 Å². The number of carbonyl (C=O) groups excluding carboxylic acids is 3. The van der Waals surface area contributed by atoms with Gasteiger partial charge in [-0.1, -0.05) is 65.8 Å². The highest BCUT2D eigenvalue weighted by Gasteiger charge is 2.30. The van der Waals surface area contributed by atoms with E-state index in [9.17, 15) is 27.9 Å². The van der Waals surface area contributed by atoms with Crippen LogP contribution in [0.3, 0.4) is 0 Å². The second-order valence-electron chi connectivity index (χ2n) is 10.0. The van der Waals surface area contributed by atoms with Crippen molar-refractivity contribution >= 4 is 39.4 Å². The van der Waals surface area contributed by atoms with Crippen molar-refractivity contribution in [1.29, 1.82) is 0 Å². The number of nitrogens with one attached hydrogen (secondary N) is 4. The Labute approximate surface area is 253 Å². The lowest BCUT2D eigenvalue weighted by Crippen LogP contribution is -2.50. The first-order valence-corrected chi connectivity index (χ1v) is 15.3. The summed E-state index contributed by atoms with van der Waals surface area (Å²) in [4.78, 5) is 39.8. The lowest BCUT2D eigenvalue weighted by molar-refractivity contribution is -0.125. The van der Waals surface area contributed by atoms with Crippen LogP contribution in [0.15, 0.2) is 78.9 Å². The van der Waals surface area contributed by atoms with E-state index in [0.29, 0.717) is 5.56 Å². The number of aliphatic hydroxyl groups is 1. The Morgan fingerprint density at radius 3 is 2.09 bits per heavy atom. The van der Waals surface area contributed by atoms with E-state index in [1.165, 1.54) is 25.2 Å². The van der Waals surface area contributed by atoms with Gasteiger partial charge in [0.25, 0.3) is 23.7 Å². The SMILES string of the molecule is CC(NC(=O)c1cc(C(=O)NC(Cc2ccccc2)C(O)C(=O)Nc2nn[nH]n2)cc(N(C)S(C)(=O)=O)c1)c1ccccc1. The summed E-state index contributed by atoms with van der Waals surface area (Å²) in [7, 11) is -2.47. The maximum Gasteiger partial charge on any atom is 0.269 e. The van der Waals surface area contributed by atoms with Crippen molar-refractivity contribution < 1.29 is 27.9 Å². The van der Waals surface area contributed by atoms with E-state index in [-0.39, 0.29) is 35.2 Å². The molecular weight excluding hydrogens is 588 g/mol. The molecule has 0 saturated carbocycles. The molecule has 5 N–H and O–H groups in total. The zero-order valence-corrected chi connectivity index (χ0v) is 24.9. The smallest absolute Gasteiger partial charge is 0.269 e. The van der Waals surface area contributed by atoms with Gasteiger partial charge in [0.15, 0.2) is 6.10 Å². The van der Waals surface area contributed by atoms with Crippen LogP contribution in [0.2, 0.25) is 0 Å². The summed E-state index contributed by atoms with van der Waals surface area (Å²) in [6, 6.07) is 20.5. The molecule has 3 atom stereocenters. The number of nitrogens with zero attached hydrogens (tertiary/aromatic N) is 4. The van der Waals surface area contributed by atoms with Gasteiger partial charge in [-0.25, -0.2) is 8.42 Å². The van der Waals surface area contributed by atoms with Gasteiger partial charge in [-0.3, -0.25) is 24.0 Å². The fourth-order valence-electron chi connectivity index (χ4n) is 4.29. The molecule has 0 bridgehead atoms. The van der Waals surface area contributed by atoms with Crippen molar-refractivity contribution in [2.45, 2.75) is 31.5 Å². The van der Waals surface area contributed by atoms with Gasteiger partial charge in [-0.15, -0.1) is 5.10 Å². The van der Waals surface area contributed by atoms with Gasteiger partial charge in [-0.05, 0) is 47.9 Å². The molecule has 14 nitrogen and oxygen atoms in total. The summed E-state index contributed by atoms with van der Waals surface area (Å²) in [6.45, 7) is 1.79. The van der Waals surface area contributed by atoms with Crippen LogP contribution in [-0.4, -0.2) is 77.3 Å². The number of H-pyrrole nitrogens is 1. The number of amides is 3. The minimum atomic E-state index is -3.76. The van der Waals surface area contributed by atoms with Crippen LogP contribution < -0.4 is 20.3 Å². The number of rotatable bonds is 12. The average molecular weight is 621 g/mol. The maximum atomic E-state index is 13.6. The zero-order valence-electron chi connectivity index (χ0n) is 24.1. The number of tetrazole rings is 1. The molecule has 0 aliphatic rings. The van der Waals surface area contributed by atoms with Crippen LogP contribution in [0.4, 0.5) is 11.6 Å². The molecule has 0 fully saturated rings. The Bertz CT molecular complexity index is 1700. The Morgan fingerprint density at radius 2 is 1.52 bits per heavy atom. The van der Waals surface area contributed by atoms with Crippen LogP contribution in [0.5, 0.6) is 0 Å². The number of aromatic nitrogens is 4. The summed E-state index contributed by atoms with van der Waals surface area (Å²) < 4.78 is 25.7. The third-order valence-electron chi connectivity index (χ3n) is 6.80. The van der Waals surface area contributed by atoms with Gasteiger partial charge in [0.2, 0.25) is 10.0 Å². The molecule has 0 aliphatic heterocycles. The quantitative estimate of drug-likeness (QED) is 0.155. The largest absolute Gasteiger partial charge is 0.381 e. The fraction of sp³-hybridized carbons (Fsp3) is 0.241. The van der Waals surface area contributed by atoms with Gasteiger partial charge in [0.05, 0.1) is 24.0 Å². The minimum absolute atomic E-state index is 0.0286. The molecule has 0 saturated heterocycles. The predicted molar refractivity (Wildman–Crippen MR) is 162 cm³/mol. The van der Waals surface area contributed by atoms with Crippen molar-refractivity contribution in [2.24, 2.45) is 0 Å². The van der Waals surface area contributed by atoms with E-state index in [1.54, 1.807) is 37.3 Å². The first-order chi connectivity index (χ1) is 20.9. The molecule has 1 heterocycles. The van der Waals surface area contributed by atoms with E-state index in [0.717, 1.165) is 16.1 Å². The first kappa shape index (κ1) is 31.8. The normalized spacial score (nSPS) is 13.3. The molecule has 0 radical (unpaired) electrons. The van der Waals surface area contributed by atoms with E-state index in [1.807, 2.05) is 30.3 Å². The predicted octanol–water partition coefficient (Wildman–Crippen LogP) is 1.43. The van der Waals surface area contributed by atoms with Gasteiger partial charge >= 0.3 is 0 Å². The van der Waals surface area contributed by atoms with E-state index in [4.69, 9.17) is 0 Å².